The van der Waals surface area contributed by atoms with Crippen molar-refractivity contribution >= 4 is 23.5 Å². The zero-order valence-corrected chi connectivity index (χ0v) is 15.0. The molecule has 0 saturated heterocycles. The van der Waals surface area contributed by atoms with Gasteiger partial charge < -0.3 is 5.32 Å². The summed E-state index contributed by atoms with van der Waals surface area (Å²) in [7, 11) is 0. The predicted molar refractivity (Wildman–Crippen MR) is 99.4 cm³/mol. The van der Waals surface area contributed by atoms with Crippen LogP contribution in [0, 0.1) is 0 Å². The van der Waals surface area contributed by atoms with Crippen LogP contribution in [0.2, 0.25) is 5.02 Å². The minimum absolute atomic E-state index is 0.109. The van der Waals surface area contributed by atoms with E-state index in [0.29, 0.717) is 11.6 Å². The molecule has 0 spiro atoms. The number of rotatable bonds is 6. The van der Waals surface area contributed by atoms with Gasteiger partial charge in [0.15, 0.2) is 0 Å². The van der Waals surface area contributed by atoms with Crippen LogP contribution in [0.15, 0.2) is 54.6 Å². The predicted octanol–water partition coefficient (Wildman–Crippen LogP) is 3.58. The Morgan fingerprint density at radius 3 is 2.24 bits per heavy atom. The van der Waals surface area contributed by atoms with E-state index in [9.17, 15) is 9.59 Å². The summed E-state index contributed by atoms with van der Waals surface area (Å²) in [6.07, 6.45) is 0. The van der Waals surface area contributed by atoms with E-state index in [0.717, 1.165) is 11.1 Å². The van der Waals surface area contributed by atoms with Crippen molar-refractivity contribution in [1.82, 2.24) is 16.0 Å². The molecular formula is C19H22ClN3O2. The van der Waals surface area contributed by atoms with Crippen LogP contribution in [0.1, 0.15) is 37.1 Å². The number of hydrogen-bond donors (Lipinski definition) is 3. The molecule has 0 aliphatic carbocycles. The molecule has 2 atom stereocenters. The lowest BCUT2D eigenvalue weighted by molar-refractivity contribution is -0.122. The first-order chi connectivity index (χ1) is 12.0. The fraction of sp³-hybridized carbons (Fsp3) is 0.263. The average molecular weight is 360 g/mol. The number of hydrogen-bond acceptors (Lipinski definition) is 3. The molecule has 3 N–H and O–H groups in total. The van der Waals surface area contributed by atoms with Crippen molar-refractivity contribution in [3.05, 3.63) is 70.7 Å². The Hall–Kier alpha value is -2.37. The standard InChI is InChI=1S/C19H22ClN3O2/c1-3-21-19(25)23-18(24)17(15-7-5-4-6-8-15)22-13(2)14-9-11-16(20)12-10-14/h4-13,17,22H,3H2,1-2H3,(H2,21,23,24,25)/t13-,17-/m0/s1. The van der Waals surface area contributed by atoms with Crippen molar-refractivity contribution in [2.75, 3.05) is 6.54 Å². The summed E-state index contributed by atoms with van der Waals surface area (Å²) < 4.78 is 0. The number of carbonyl (C=O) groups is 2. The largest absolute Gasteiger partial charge is 0.338 e. The summed E-state index contributed by atoms with van der Waals surface area (Å²) >= 11 is 5.93. The molecule has 0 aliphatic heterocycles. The maximum Gasteiger partial charge on any atom is 0.321 e. The van der Waals surface area contributed by atoms with Crippen molar-refractivity contribution in [3.8, 4) is 0 Å². The lowest BCUT2D eigenvalue weighted by Crippen LogP contribution is -2.45. The van der Waals surface area contributed by atoms with Gasteiger partial charge in [0.25, 0.3) is 0 Å². The van der Waals surface area contributed by atoms with Gasteiger partial charge in [-0.3, -0.25) is 15.4 Å². The van der Waals surface area contributed by atoms with Crippen molar-refractivity contribution in [1.29, 1.82) is 0 Å². The van der Waals surface area contributed by atoms with E-state index in [-0.39, 0.29) is 6.04 Å². The van der Waals surface area contributed by atoms with Crippen LogP contribution in [-0.4, -0.2) is 18.5 Å². The van der Waals surface area contributed by atoms with Crippen LogP contribution in [0.25, 0.3) is 0 Å². The SMILES string of the molecule is CCNC(=O)NC(=O)[C@@H](N[C@@H](C)c1ccc(Cl)cc1)c1ccccc1. The molecular weight excluding hydrogens is 338 g/mol. The lowest BCUT2D eigenvalue weighted by atomic mass is 10.0. The van der Waals surface area contributed by atoms with E-state index in [1.165, 1.54) is 0 Å². The Morgan fingerprint density at radius 1 is 1.00 bits per heavy atom. The molecule has 0 heterocycles. The van der Waals surface area contributed by atoms with Gasteiger partial charge in [-0.25, -0.2) is 4.79 Å². The number of imide groups is 1. The summed E-state index contributed by atoms with van der Waals surface area (Å²) in [6, 6.07) is 15.5. The van der Waals surface area contributed by atoms with Gasteiger partial charge in [-0.05, 0) is 37.1 Å². The second-order valence-electron chi connectivity index (χ2n) is 5.63. The Kier molecular flexibility index (Phi) is 6.98. The molecule has 0 aromatic heterocycles. The zero-order valence-electron chi connectivity index (χ0n) is 14.3. The maximum atomic E-state index is 12.6. The zero-order chi connectivity index (χ0) is 18.2. The highest BCUT2D eigenvalue weighted by molar-refractivity contribution is 6.30. The van der Waals surface area contributed by atoms with E-state index in [1.54, 1.807) is 19.1 Å². The van der Waals surface area contributed by atoms with Gasteiger partial charge >= 0.3 is 6.03 Å². The molecule has 0 fully saturated rings. The molecule has 0 radical (unpaired) electrons. The highest BCUT2D eigenvalue weighted by Crippen LogP contribution is 2.21. The van der Waals surface area contributed by atoms with Crippen LogP contribution in [0.4, 0.5) is 4.79 Å². The number of benzene rings is 2. The van der Waals surface area contributed by atoms with E-state index in [4.69, 9.17) is 11.6 Å². The maximum absolute atomic E-state index is 12.6. The highest BCUT2D eigenvalue weighted by atomic mass is 35.5. The molecule has 0 aliphatic rings. The summed E-state index contributed by atoms with van der Waals surface area (Å²) in [5, 5.41) is 8.87. The minimum atomic E-state index is -0.658. The molecule has 0 bridgehead atoms. The monoisotopic (exact) mass is 359 g/mol. The van der Waals surface area contributed by atoms with E-state index in [2.05, 4.69) is 16.0 Å². The van der Waals surface area contributed by atoms with Gasteiger partial charge in [-0.1, -0.05) is 54.1 Å². The first kappa shape index (κ1) is 19.0. The quantitative estimate of drug-likeness (QED) is 0.738. The second kappa shape index (κ2) is 9.20. The van der Waals surface area contributed by atoms with E-state index < -0.39 is 18.0 Å². The molecule has 25 heavy (non-hydrogen) atoms. The van der Waals surface area contributed by atoms with Crippen molar-refractivity contribution in [3.63, 3.8) is 0 Å². The summed E-state index contributed by atoms with van der Waals surface area (Å²) in [4.78, 5) is 24.3. The third-order valence-electron chi connectivity index (χ3n) is 3.76. The molecule has 2 aromatic rings. The van der Waals surface area contributed by atoms with Crippen LogP contribution >= 0.6 is 11.6 Å². The van der Waals surface area contributed by atoms with Crippen molar-refractivity contribution in [2.24, 2.45) is 0 Å². The van der Waals surface area contributed by atoms with Gasteiger partial charge in [0.1, 0.15) is 6.04 Å². The molecule has 2 rings (SSSR count). The first-order valence-corrected chi connectivity index (χ1v) is 8.54. The third-order valence-corrected chi connectivity index (χ3v) is 4.01. The molecule has 2 aromatic carbocycles. The van der Waals surface area contributed by atoms with Gasteiger partial charge in [0, 0.05) is 17.6 Å². The molecule has 0 saturated carbocycles. The van der Waals surface area contributed by atoms with E-state index >= 15 is 0 Å². The Balaban J connectivity index is 2.18. The minimum Gasteiger partial charge on any atom is -0.338 e. The number of nitrogens with one attached hydrogen (secondary N) is 3. The van der Waals surface area contributed by atoms with Crippen LogP contribution in [0.5, 0.6) is 0 Å². The van der Waals surface area contributed by atoms with Crippen molar-refractivity contribution in [2.45, 2.75) is 25.9 Å². The molecule has 6 heteroatoms. The van der Waals surface area contributed by atoms with Gasteiger partial charge in [0.05, 0.1) is 0 Å². The number of carbonyl (C=O) groups excluding carboxylic acids is 2. The topological polar surface area (TPSA) is 70.2 Å². The lowest BCUT2D eigenvalue weighted by Gasteiger charge is -2.23. The molecule has 132 valence electrons. The van der Waals surface area contributed by atoms with Gasteiger partial charge in [-0.2, -0.15) is 0 Å². The van der Waals surface area contributed by atoms with Crippen LogP contribution in [0.3, 0.4) is 0 Å². The third kappa shape index (κ3) is 5.59. The number of amides is 3. The Bertz CT molecular complexity index is 704. The second-order valence-corrected chi connectivity index (χ2v) is 6.07. The normalized spacial score (nSPS) is 12.9. The van der Waals surface area contributed by atoms with Gasteiger partial charge in [-0.15, -0.1) is 0 Å². The van der Waals surface area contributed by atoms with Crippen LogP contribution < -0.4 is 16.0 Å². The molecule has 0 unspecified atom stereocenters. The summed E-state index contributed by atoms with van der Waals surface area (Å²) in [5.41, 5.74) is 1.78. The van der Waals surface area contributed by atoms with Gasteiger partial charge in [0.2, 0.25) is 5.91 Å². The fourth-order valence-corrected chi connectivity index (χ4v) is 2.58. The summed E-state index contributed by atoms with van der Waals surface area (Å²) in [6.45, 7) is 4.20. The highest BCUT2D eigenvalue weighted by Gasteiger charge is 2.24. The van der Waals surface area contributed by atoms with E-state index in [1.807, 2.05) is 49.4 Å². The summed E-state index contributed by atoms with van der Waals surface area (Å²) in [5.74, 6) is -0.405. The number of urea groups is 1. The Labute approximate surface area is 152 Å². The average Bonchev–Trinajstić information content (AvgIpc) is 2.61. The van der Waals surface area contributed by atoms with Crippen molar-refractivity contribution < 1.29 is 9.59 Å². The van der Waals surface area contributed by atoms with Crippen LogP contribution in [-0.2, 0) is 4.79 Å². The molecule has 5 nitrogen and oxygen atoms in total. The fourth-order valence-electron chi connectivity index (χ4n) is 2.46. The number of halogens is 1. The Morgan fingerprint density at radius 2 is 1.64 bits per heavy atom. The molecule has 3 amide bonds. The smallest absolute Gasteiger partial charge is 0.321 e. The first-order valence-electron chi connectivity index (χ1n) is 8.16.